The second-order valence-electron chi connectivity index (χ2n) is 8.69. The number of nitrogens with zero attached hydrogens (tertiary/aromatic N) is 3. The summed E-state index contributed by atoms with van der Waals surface area (Å²) in [5.74, 6) is 2.28. The van der Waals surface area contributed by atoms with Crippen molar-refractivity contribution in [3.63, 3.8) is 0 Å². The highest BCUT2D eigenvalue weighted by atomic mass is 32.2. The lowest BCUT2D eigenvalue weighted by molar-refractivity contribution is -0.144. The summed E-state index contributed by atoms with van der Waals surface area (Å²) in [6.45, 7) is 6.01. The molecule has 6 fully saturated rings. The lowest BCUT2D eigenvalue weighted by Gasteiger charge is -2.46. The van der Waals surface area contributed by atoms with Crippen LogP contribution in [0.2, 0.25) is 0 Å². The van der Waals surface area contributed by atoms with Gasteiger partial charge in [-0.05, 0) is 57.4 Å². The summed E-state index contributed by atoms with van der Waals surface area (Å²) in [5, 5.41) is 3.31. The minimum absolute atomic E-state index is 0.0822. The number of hydrogen-bond donors (Lipinski definition) is 1. The minimum atomic E-state index is 0.0822. The summed E-state index contributed by atoms with van der Waals surface area (Å²) in [7, 11) is 0. The van der Waals surface area contributed by atoms with Gasteiger partial charge in [-0.3, -0.25) is 18.8 Å². The first kappa shape index (κ1) is 16.4. The maximum absolute atomic E-state index is 12.8. The van der Waals surface area contributed by atoms with E-state index >= 15 is 0 Å². The quantitative estimate of drug-likeness (QED) is 0.727. The summed E-state index contributed by atoms with van der Waals surface area (Å²) in [4.78, 5) is 29.6. The van der Waals surface area contributed by atoms with Crippen molar-refractivity contribution >= 4 is 23.8 Å². The zero-order valence-corrected chi connectivity index (χ0v) is 15.9. The predicted molar refractivity (Wildman–Crippen MR) is 96.9 cm³/mol. The highest BCUT2D eigenvalue weighted by molar-refractivity contribution is 7.97. The van der Waals surface area contributed by atoms with Crippen LogP contribution in [-0.2, 0) is 9.59 Å². The van der Waals surface area contributed by atoms with E-state index < -0.39 is 0 Å². The fourth-order valence-corrected chi connectivity index (χ4v) is 6.47. The smallest absolute Gasteiger partial charge is 0.249 e. The first-order valence-corrected chi connectivity index (χ1v) is 10.8. The maximum atomic E-state index is 12.8. The average molecular weight is 365 g/mol. The number of carbonyl (C=O) groups excluding carboxylic acids is 2. The molecule has 0 spiro atoms. The fourth-order valence-electron chi connectivity index (χ4n) is 5.20. The topological polar surface area (TPSA) is 55.9 Å². The zero-order chi connectivity index (χ0) is 17.3. The molecule has 1 saturated carbocycles. The Morgan fingerprint density at radius 2 is 1.96 bits per heavy atom. The average Bonchev–Trinajstić information content (AvgIpc) is 3.23. The molecule has 6 rings (SSSR count). The van der Waals surface area contributed by atoms with Gasteiger partial charge in [0.2, 0.25) is 11.8 Å². The molecule has 7 heteroatoms. The van der Waals surface area contributed by atoms with Crippen LogP contribution in [0.5, 0.6) is 0 Å². The van der Waals surface area contributed by atoms with Gasteiger partial charge in [-0.25, -0.2) is 0 Å². The number of piperidine rings is 1. The predicted octanol–water partition coefficient (Wildman–Crippen LogP) is 0.679. The SMILES string of the molecule is CC(C)N1CC2CCC(C1=O)N2C1CC1CSN1CC2CC(N2)C1=O. The van der Waals surface area contributed by atoms with Gasteiger partial charge in [0.1, 0.15) is 0 Å². The second kappa shape index (κ2) is 5.86. The van der Waals surface area contributed by atoms with Crippen LogP contribution in [0.25, 0.3) is 0 Å². The van der Waals surface area contributed by atoms with E-state index in [1.807, 2.05) is 4.31 Å². The Balaban J connectivity index is 1.17. The summed E-state index contributed by atoms with van der Waals surface area (Å²) >= 11 is 1.73. The molecule has 2 amide bonds. The van der Waals surface area contributed by atoms with Crippen LogP contribution in [0, 0.1) is 5.92 Å². The maximum Gasteiger partial charge on any atom is 0.249 e. The summed E-state index contributed by atoms with van der Waals surface area (Å²) in [5.41, 5.74) is 0. The van der Waals surface area contributed by atoms with E-state index in [0.717, 1.165) is 38.1 Å². The standard InChI is InChI=1S/C18H28N4O2S/c1-10(2)20-8-13-3-4-15(18(20)24)22(13)16-5-11(16)9-25-21-7-12-6-14(19-12)17(21)23/h10-16,19H,3-9H2,1-2H3. The number of carbonyl (C=O) groups is 2. The molecule has 25 heavy (non-hydrogen) atoms. The van der Waals surface area contributed by atoms with Crippen molar-refractivity contribution in [3.05, 3.63) is 0 Å². The van der Waals surface area contributed by atoms with E-state index in [-0.39, 0.29) is 18.0 Å². The summed E-state index contributed by atoms with van der Waals surface area (Å²) in [6, 6.07) is 2.15. The molecule has 6 nitrogen and oxygen atoms in total. The van der Waals surface area contributed by atoms with Crippen molar-refractivity contribution < 1.29 is 9.59 Å². The molecule has 0 radical (unpaired) electrons. The van der Waals surface area contributed by atoms with Crippen LogP contribution in [0.4, 0.5) is 0 Å². The first-order chi connectivity index (χ1) is 12.0. The van der Waals surface area contributed by atoms with Crippen LogP contribution >= 0.6 is 11.9 Å². The number of rotatable bonds is 5. The lowest BCUT2D eigenvalue weighted by Crippen LogP contribution is -2.68. The number of fused-ring (bicyclic) bond motifs is 4. The molecule has 6 atom stereocenters. The van der Waals surface area contributed by atoms with Crippen molar-refractivity contribution in [2.45, 2.75) is 75.8 Å². The molecule has 1 aliphatic carbocycles. The highest BCUT2D eigenvalue weighted by Gasteiger charge is 2.55. The van der Waals surface area contributed by atoms with Crippen LogP contribution in [0.1, 0.15) is 39.5 Å². The Hall–Kier alpha value is -0.790. The van der Waals surface area contributed by atoms with Crippen molar-refractivity contribution in [1.82, 2.24) is 19.4 Å². The molecule has 138 valence electrons. The molecule has 5 saturated heterocycles. The van der Waals surface area contributed by atoms with Gasteiger partial charge in [0.15, 0.2) is 0 Å². The third kappa shape index (κ3) is 2.61. The minimum Gasteiger partial charge on any atom is -0.337 e. The summed E-state index contributed by atoms with van der Waals surface area (Å²) < 4.78 is 1.99. The number of hydrogen-bond acceptors (Lipinski definition) is 5. The van der Waals surface area contributed by atoms with E-state index in [0.29, 0.717) is 36.0 Å². The fraction of sp³-hybridized carbons (Fsp3) is 0.889. The van der Waals surface area contributed by atoms with Gasteiger partial charge in [-0.15, -0.1) is 0 Å². The van der Waals surface area contributed by atoms with Crippen LogP contribution < -0.4 is 5.32 Å². The van der Waals surface area contributed by atoms with Gasteiger partial charge in [0.25, 0.3) is 0 Å². The molecule has 0 aromatic heterocycles. The Morgan fingerprint density at radius 3 is 2.68 bits per heavy atom. The van der Waals surface area contributed by atoms with E-state index in [9.17, 15) is 9.59 Å². The van der Waals surface area contributed by atoms with Crippen LogP contribution in [0.15, 0.2) is 0 Å². The summed E-state index contributed by atoms with van der Waals surface area (Å²) in [6.07, 6.45) is 4.41. The van der Waals surface area contributed by atoms with Crippen molar-refractivity contribution in [1.29, 1.82) is 0 Å². The number of nitrogens with one attached hydrogen (secondary N) is 1. The molecule has 0 aromatic carbocycles. The van der Waals surface area contributed by atoms with E-state index in [2.05, 4.69) is 29.0 Å². The Kier molecular flexibility index (Phi) is 3.84. The van der Waals surface area contributed by atoms with Gasteiger partial charge in [0.05, 0.1) is 12.1 Å². The van der Waals surface area contributed by atoms with E-state index in [1.165, 1.54) is 6.42 Å². The van der Waals surface area contributed by atoms with Gasteiger partial charge < -0.3 is 10.2 Å². The molecule has 0 aromatic rings. The third-order valence-electron chi connectivity index (χ3n) is 6.75. The lowest BCUT2D eigenvalue weighted by atomic mass is 9.92. The zero-order valence-electron chi connectivity index (χ0n) is 15.1. The molecule has 4 bridgehead atoms. The van der Waals surface area contributed by atoms with Crippen LogP contribution in [-0.4, -0.2) is 81.0 Å². The normalized spacial score (nSPS) is 43.0. The van der Waals surface area contributed by atoms with Crippen molar-refractivity contribution in [2.24, 2.45) is 5.92 Å². The van der Waals surface area contributed by atoms with Gasteiger partial charge in [0, 0.05) is 43.0 Å². The Labute approximate surface area is 153 Å². The van der Waals surface area contributed by atoms with E-state index in [1.54, 1.807) is 11.9 Å². The Morgan fingerprint density at radius 1 is 1.16 bits per heavy atom. The largest absolute Gasteiger partial charge is 0.337 e. The molecule has 5 heterocycles. The number of likely N-dealkylation sites (tertiary alicyclic amines) is 1. The molecular weight excluding hydrogens is 336 g/mol. The first-order valence-electron chi connectivity index (χ1n) is 9.81. The molecule has 1 N–H and O–H groups in total. The van der Waals surface area contributed by atoms with Gasteiger partial charge in [-0.2, -0.15) is 0 Å². The molecule has 6 aliphatic rings. The van der Waals surface area contributed by atoms with Crippen molar-refractivity contribution in [2.75, 3.05) is 18.8 Å². The Bertz CT molecular complexity index is 594. The van der Waals surface area contributed by atoms with Crippen molar-refractivity contribution in [3.8, 4) is 0 Å². The monoisotopic (exact) mass is 364 g/mol. The van der Waals surface area contributed by atoms with Gasteiger partial charge >= 0.3 is 0 Å². The highest BCUT2D eigenvalue weighted by Crippen LogP contribution is 2.46. The number of amides is 2. The molecule has 5 aliphatic heterocycles. The third-order valence-corrected chi connectivity index (χ3v) is 7.97. The van der Waals surface area contributed by atoms with E-state index in [4.69, 9.17) is 0 Å². The van der Waals surface area contributed by atoms with Crippen LogP contribution in [0.3, 0.4) is 0 Å². The second-order valence-corrected chi connectivity index (χ2v) is 9.72. The van der Waals surface area contributed by atoms with Gasteiger partial charge in [-0.1, -0.05) is 0 Å². The molecule has 6 unspecified atom stereocenters. The number of piperazine rings is 2. The molecular formula is C18H28N4O2S.